The van der Waals surface area contributed by atoms with E-state index in [4.69, 9.17) is 4.74 Å². The van der Waals surface area contributed by atoms with Gasteiger partial charge < -0.3 is 4.74 Å². The number of nitrogens with zero attached hydrogens (tertiary/aromatic N) is 2. The van der Waals surface area contributed by atoms with Gasteiger partial charge in [-0.25, -0.2) is 4.98 Å². The SMILES string of the molecule is CCc1ccc(Oc2ncc(C=O)cc2C)c([N+](=O)[O-])c1. The normalized spacial score (nSPS) is 10.2. The predicted octanol–water partition coefficient (Wildman–Crippen LogP) is 3.47. The molecule has 1 aromatic carbocycles. The van der Waals surface area contributed by atoms with E-state index < -0.39 is 4.92 Å². The van der Waals surface area contributed by atoms with Gasteiger partial charge in [-0.3, -0.25) is 14.9 Å². The Kier molecular flexibility index (Phi) is 4.27. The number of benzene rings is 1. The molecule has 0 atom stereocenters. The molecule has 1 heterocycles. The minimum absolute atomic E-state index is 0.102. The first-order valence-corrected chi connectivity index (χ1v) is 6.42. The number of ether oxygens (including phenoxy) is 1. The molecule has 0 unspecified atom stereocenters. The first-order chi connectivity index (χ1) is 10.0. The summed E-state index contributed by atoms with van der Waals surface area (Å²) >= 11 is 0. The molecule has 2 aromatic rings. The van der Waals surface area contributed by atoms with Gasteiger partial charge in [-0.2, -0.15) is 0 Å². The molecule has 1 aromatic heterocycles. The molecule has 0 saturated carbocycles. The molecule has 108 valence electrons. The molecule has 0 aliphatic heterocycles. The molecule has 0 amide bonds. The van der Waals surface area contributed by atoms with Crippen LogP contribution in [0.25, 0.3) is 0 Å². The van der Waals surface area contributed by atoms with Gasteiger partial charge in [-0.1, -0.05) is 13.0 Å². The summed E-state index contributed by atoms with van der Waals surface area (Å²) in [6.45, 7) is 3.64. The van der Waals surface area contributed by atoms with Crippen molar-refractivity contribution in [2.45, 2.75) is 20.3 Å². The molecule has 0 aliphatic carbocycles. The minimum Gasteiger partial charge on any atom is -0.432 e. The van der Waals surface area contributed by atoms with Crippen LogP contribution in [0.3, 0.4) is 0 Å². The Hall–Kier alpha value is -2.76. The standard InChI is InChI=1S/C15H14N2O4/c1-3-11-4-5-14(13(7-11)17(19)20)21-15-10(2)6-12(9-18)8-16-15/h4-9H,3H2,1-2H3. The predicted molar refractivity (Wildman–Crippen MR) is 76.9 cm³/mol. The van der Waals surface area contributed by atoms with Gasteiger partial charge >= 0.3 is 5.69 Å². The fourth-order valence-corrected chi connectivity index (χ4v) is 1.87. The van der Waals surface area contributed by atoms with Crippen molar-refractivity contribution in [3.05, 3.63) is 57.3 Å². The van der Waals surface area contributed by atoms with E-state index in [1.165, 1.54) is 12.3 Å². The summed E-state index contributed by atoms with van der Waals surface area (Å²) in [5, 5.41) is 11.1. The van der Waals surface area contributed by atoms with Crippen LogP contribution in [0.2, 0.25) is 0 Å². The summed E-state index contributed by atoms with van der Waals surface area (Å²) in [4.78, 5) is 25.3. The second-order valence-corrected chi connectivity index (χ2v) is 4.52. The highest BCUT2D eigenvalue weighted by molar-refractivity contribution is 5.74. The summed E-state index contributed by atoms with van der Waals surface area (Å²) in [5.74, 6) is 0.375. The number of carbonyl (C=O) groups excluding carboxylic acids is 1. The van der Waals surface area contributed by atoms with Gasteiger partial charge in [-0.05, 0) is 31.0 Å². The number of nitro groups is 1. The monoisotopic (exact) mass is 286 g/mol. The van der Waals surface area contributed by atoms with Crippen LogP contribution in [0.1, 0.15) is 28.4 Å². The highest BCUT2D eigenvalue weighted by Gasteiger charge is 2.17. The highest BCUT2D eigenvalue weighted by Crippen LogP contribution is 2.32. The fraction of sp³-hybridized carbons (Fsp3) is 0.200. The first kappa shape index (κ1) is 14.6. The van der Waals surface area contributed by atoms with E-state index in [9.17, 15) is 14.9 Å². The Morgan fingerprint density at radius 2 is 2.14 bits per heavy atom. The maximum Gasteiger partial charge on any atom is 0.311 e. The molecule has 2 rings (SSSR count). The molecule has 0 radical (unpaired) electrons. The van der Waals surface area contributed by atoms with Gasteiger partial charge in [0.05, 0.1) is 4.92 Å². The first-order valence-electron chi connectivity index (χ1n) is 6.42. The molecule has 0 fully saturated rings. The maximum absolute atomic E-state index is 11.1. The van der Waals surface area contributed by atoms with Crippen molar-refractivity contribution in [3.8, 4) is 11.6 Å². The zero-order valence-electron chi connectivity index (χ0n) is 11.7. The Labute approximate surface area is 121 Å². The molecular weight excluding hydrogens is 272 g/mol. The lowest BCUT2D eigenvalue weighted by Crippen LogP contribution is -1.98. The lowest BCUT2D eigenvalue weighted by Gasteiger charge is -2.09. The average Bonchev–Trinajstić information content (AvgIpc) is 2.49. The third-order valence-corrected chi connectivity index (χ3v) is 3.02. The molecule has 0 N–H and O–H groups in total. The lowest BCUT2D eigenvalue weighted by molar-refractivity contribution is -0.385. The van der Waals surface area contributed by atoms with Gasteiger partial charge in [0.1, 0.15) is 0 Å². The van der Waals surface area contributed by atoms with Crippen LogP contribution in [0.5, 0.6) is 11.6 Å². The van der Waals surface area contributed by atoms with Gasteiger partial charge in [-0.15, -0.1) is 0 Å². The van der Waals surface area contributed by atoms with E-state index in [0.717, 1.165) is 5.56 Å². The van der Waals surface area contributed by atoms with Gasteiger partial charge in [0.15, 0.2) is 6.29 Å². The lowest BCUT2D eigenvalue weighted by atomic mass is 10.1. The number of nitro benzene ring substituents is 1. The maximum atomic E-state index is 11.1. The van der Waals surface area contributed by atoms with Crippen molar-refractivity contribution in [1.29, 1.82) is 0 Å². The fourth-order valence-electron chi connectivity index (χ4n) is 1.87. The van der Waals surface area contributed by atoms with Gasteiger partial charge in [0, 0.05) is 23.4 Å². The summed E-state index contributed by atoms with van der Waals surface area (Å²) in [7, 11) is 0. The number of rotatable bonds is 5. The van der Waals surface area contributed by atoms with Crippen LogP contribution >= 0.6 is 0 Å². The highest BCUT2D eigenvalue weighted by atomic mass is 16.6. The van der Waals surface area contributed by atoms with E-state index >= 15 is 0 Å². The van der Waals surface area contributed by atoms with E-state index in [2.05, 4.69) is 4.98 Å². The van der Waals surface area contributed by atoms with Crippen molar-refractivity contribution in [2.75, 3.05) is 0 Å². The Morgan fingerprint density at radius 3 is 2.71 bits per heavy atom. The molecular formula is C15H14N2O4. The van der Waals surface area contributed by atoms with Crippen LogP contribution in [0, 0.1) is 17.0 Å². The van der Waals surface area contributed by atoms with Crippen molar-refractivity contribution >= 4 is 12.0 Å². The third kappa shape index (κ3) is 3.22. The second-order valence-electron chi connectivity index (χ2n) is 4.52. The molecule has 0 bridgehead atoms. The van der Waals surface area contributed by atoms with Crippen LogP contribution in [0.15, 0.2) is 30.5 Å². The second kappa shape index (κ2) is 6.13. The Morgan fingerprint density at radius 1 is 1.38 bits per heavy atom. The van der Waals surface area contributed by atoms with E-state index in [1.54, 1.807) is 25.1 Å². The molecule has 6 nitrogen and oxygen atoms in total. The summed E-state index contributed by atoms with van der Waals surface area (Å²) in [5.41, 5.74) is 1.81. The zero-order valence-corrected chi connectivity index (χ0v) is 11.7. The van der Waals surface area contributed by atoms with Gasteiger partial charge in [0.25, 0.3) is 0 Å². The van der Waals surface area contributed by atoms with Crippen molar-refractivity contribution in [2.24, 2.45) is 0 Å². The summed E-state index contributed by atoms with van der Waals surface area (Å²) in [6, 6.07) is 6.44. The molecule has 0 aliphatic rings. The van der Waals surface area contributed by atoms with Crippen LogP contribution in [-0.4, -0.2) is 16.2 Å². The topological polar surface area (TPSA) is 82.3 Å². The minimum atomic E-state index is -0.483. The quantitative estimate of drug-likeness (QED) is 0.477. The number of aromatic nitrogens is 1. The number of carbonyl (C=O) groups is 1. The number of aldehydes is 1. The van der Waals surface area contributed by atoms with Crippen LogP contribution < -0.4 is 4.74 Å². The van der Waals surface area contributed by atoms with Crippen LogP contribution in [0.4, 0.5) is 5.69 Å². The van der Waals surface area contributed by atoms with E-state index in [1.807, 2.05) is 6.92 Å². The smallest absolute Gasteiger partial charge is 0.311 e. The molecule has 6 heteroatoms. The summed E-state index contributed by atoms with van der Waals surface area (Å²) in [6.07, 6.45) is 2.75. The van der Waals surface area contributed by atoms with Crippen molar-refractivity contribution in [3.63, 3.8) is 0 Å². The zero-order chi connectivity index (χ0) is 15.4. The van der Waals surface area contributed by atoms with E-state index in [0.29, 0.717) is 23.8 Å². The largest absolute Gasteiger partial charge is 0.432 e. The Balaban J connectivity index is 2.39. The number of hydrogen-bond acceptors (Lipinski definition) is 5. The van der Waals surface area contributed by atoms with Crippen molar-refractivity contribution in [1.82, 2.24) is 4.98 Å². The number of pyridine rings is 1. The Bertz CT molecular complexity index is 698. The van der Waals surface area contributed by atoms with Crippen molar-refractivity contribution < 1.29 is 14.5 Å². The third-order valence-electron chi connectivity index (χ3n) is 3.02. The van der Waals surface area contributed by atoms with E-state index in [-0.39, 0.29) is 17.3 Å². The average molecular weight is 286 g/mol. The van der Waals surface area contributed by atoms with Crippen LogP contribution in [-0.2, 0) is 6.42 Å². The number of aryl methyl sites for hydroxylation is 2. The molecule has 21 heavy (non-hydrogen) atoms. The molecule has 0 spiro atoms. The molecule has 0 saturated heterocycles. The van der Waals surface area contributed by atoms with Gasteiger partial charge in [0.2, 0.25) is 11.6 Å². The summed E-state index contributed by atoms with van der Waals surface area (Å²) < 4.78 is 5.53. The number of hydrogen-bond donors (Lipinski definition) is 0.